The number of halogens is 1. The van der Waals surface area contributed by atoms with Crippen LogP contribution in [-0.2, 0) is 10.0 Å². The number of guanidine groups is 1. The molecule has 1 unspecified atom stereocenters. The monoisotopic (exact) mass is 529 g/mol. The zero-order valence-corrected chi connectivity index (χ0v) is 21.0. The van der Waals surface area contributed by atoms with Gasteiger partial charge in [0.2, 0.25) is 10.0 Å². The Morgan fingerprint density at radius 1 is 1.11 bits per heavy atom. The van der Waals surface area contributed by atoms with Crippen LogP contribution >= 0.6 is 24.0 Å². The number of sulfonamides is 1. The Kier molecular flexibility index (Phi) is 12.2. The fraction of sp³-hybridized carbons (Fsp3) is 0.947. The molecular weight excluding hydrogens is 489 g/mol. The zero-order chi connectivity index (χ0) is 19.7. The molecule has 9 heteroatoms. The lowest BCUT2D eigenvalue weighted by atomic mass is 9.98. The average Bonchev–Trinajstić information content (AvgIpc) is 2.64. The Morgan fingerprint density at radius 3 is 2.43 bits per heavy atom. The molecule has 2 heterocycles. The number of nitrogens with zero attached hydrogens (tertiary/aromatic N) is 3. The Morgan fingerprint density at radius 2 is 1.82 bits per heavy atom. The molecule has 0 aromatic heterocycles. The summed E-state index contributed by atoms with van der Waals surface area (Å²) in [7, 11) is -3.05. The largest absolute Gasteiger partial charge is 0.357 e. The lowest BCUT2D eigenvalue weighted by Crippen LogP contribution is -2.42. The summed E-state index contributed by atoms with van der Waals surface area (Å²) in [5.41, 5.74) is 0. The van der Waals surface area contributed by atoms with Gasteiger partial charge in [0.05, 0.1) is 6.26 Å². The van der Waals surface area contributed by atoms with E-state index in [1.54, 1.807) is 4.31 Å². The Balaban J connectivity index is 0.00000392. The highest BCUT2D eigenvalue weighted by Crippen LogP contribution is 2.19. The van der Waals surface area contributed by atoms with E-state index in [-0.39, 0.29) is 24.0 Å². The van der Waals surface area contributed by atoms with Crippen molar-refractivity contribution in [2.75, 3.05) is 52.1 Å². The van der Waals surface area contributed by atoms with Crippen LogP contribution in [-0.4, -0.2) is 81.7 Å². The van der Waals surface area contributed by atoms with Gasteiger partial charge in [-0.3, -0.25) is 4.99 Å². The highest BCUT2D eigenvalue weighted by molar-refractivity contribution is 14.0. The molecule has 0 bridgehead atoms. The predicted octanol–water partition coefficient (Wildman–Crippen LogP) is 2.10. The first kappa shape index (κ1) is 25.9. The molecule has 0 spiro atoms. The Labute approximate surface area is 189 Å². The molecule has 2 aliphatic rings. The number of likely N-dealkylation sites (tertiary alicyclic amines) is 1. The van der Waals surface area contributed by atoms with Gasteiger partial charge in [0, 0.05) is 45.3 Å². The maximum absolute atomic E-state index is 11.6. The van der Waals surface area contributed by atoms with Gasteiger partial charge in [0.1, 0.15) is 0 Å². The van der Waals surface area contributed by atoms with Gasteiger partial charge in [0.25, 0.3) is 0 Å². The van der Waals surface area contributed by atoms with Gasteiger partial charge in [-0.05, 0) is 58.4 Å². The average molecular weight is 530 g/mol. The van der Waals surface area contributed by atoms with Crippen molar-refractivity contribution in [3.63, 3.8) is 0 Å². The second-order valence-corrected chi connectivity index (χ2v) is 9.97. The normalized spacial score (nSPS) is 23.2. The van der Waals surface area contributed by atoms with E-state index in [1.165, 1.54) is 32.1 Å². The fourth-order valence-corrected chi connectivity index (χ4v) is 4.84. The summed E-state index contributed by atoms with van der Waals surface area (Å²) >= 11 is 0. The van der Waals surface area contributed by atoms with E-state index in [9.17, 15) is 8.42 Å². The van der Waals surface area contributed by atoms with Crippen LogP contribution in [0.15, 0.2) is 4.99 Å². The first-order valence-corrected chi connectivity index (χ1v) is 12.5. The molecule has 0 aliphatic carbocycles. The van der Waals surface area contributed by atoms with Crippen LogP contribution in [0.4, 0.5) is 0 Å². The number of piperidine rings is 2. The van der Waals surface area contributed by atoms with Crippen molar-refractivity contribution in [2.24, 2.45) is 10.9 Å². The molecule has 0 aromatic rings. The van der Waals surface area contributed by atoms with E-state index in [0.717, 1.165) is 57.4 Å². The number of hydrogen-bond donors (Lipinski definition) is 2. The lowest BCUT2D eigenvalue weighted by Gasteiger charge is -2.33. The van der Waals surface area contributed by atoms with Crippen molar-refractivity contribution >= 4 is 40.0 Å². The zero-order valence-electron chi connectivity index (χ0n) is 17.8. The number of nitrogens with one attached hydrogen (secondary N) is 2. The van der Waals surface area contributed by atoms with E-state index in [2.05, 4.69) is 29.4 Å². The molecule has 0 amide bonds. The molecular formula is C19H40IN5O2S. The van der Waals surface area contributed by atoms with Crippen LogP contribution < -0.4 is 10.6 Å². The third-order valence-corrected chi connectivity index (χ3v) is 7.05. The molecule has 0 aromatic carbocycles. The lowest BCUT2D eigenvalue weighted by molar-refractivity contribution is 0.159. The highest BCUT2D eigenvalue weighted by atomic mass is 127. The van der Waals surface area contributed by atoms with E-state index in [4.69, 9.17) is 4.99 Å². The molecule has 7 nitrogen and oxygen atoms in total. The van der Waals surface area contributed by atoms with Crippen molar-refractivity contribution in [3.05, 3.63) is 0 Å². The second kappa shape index (κ2) is 13.2. The van der Waals surface area contributed by atoms with Crippen LogP contribution in [0.25, 0.3) is 0 Å². The molecule has 0 radical (unpaired) electrons. The van der Waals surface area contributed by atoms with Crippen molar-refractivity contribution in [3.8, 4) is 0 Å². The minimum atomic E-state index is -3.05. The topological polar surface area (TPSA) is 77.0 Å². The van der Waals surface area contributed by atoms with Gasteiger partial charge in [0.15, 0.2) is 5.96 Å². The molecule has 2 rings (SSSR count). The first-order valence-electron chi connectivity index (χ1n) is 10.6. The van der Waals surface area contributed by atoms with Crippen LogP contribution in [0.1, 0.15) is 52.4 Å². The van der Waals surface area contributed by atoms with Crippen LogP contribution in [0, 0.1) is 5.92 Å². The summed E-state index contributed by atoms with van der Waals surface area (Å²) < 4.78 is 24.8. The quantitative estimate of drug-likeness (QED) is 0.218. The van der Waals surface area contributed by atoms with E-state index in [1.807, 2.05) is 0 Å². The fourth-order valence-electron chi connectivity index (χ4n) is 3.96. The van der Waals surface area contributed by atoms with Crippen LogP contribution in [0.5, 0.6) is 0 Å². The summed E-state index contributed by atoms with van der Waals surface area (Å²) in [5, 5.41) is 6.78. The van der Waals surface area contributed by atoms with E-state index >= 15 is 0 Å². The van der Waals surface area contributed by atoms with Crippen molar-refractivity contribution < 1.29 is 8.42 Å². The minimum Gasteiger partial charge on any atom is -0.357 e. The number of rotatable bonds is 8. The standard InChI is InChI=1S/C19H39N5O2S.HI/c1-4-20-19(21-11-7-13-23-12-6-5-8-17(23)2)22-16-18-9-14-24(15-10-18)27(3,25)26;/h17-18H,4-16H2,1-3H3,(H2,20,21,22);1H. The van der Waals surface area contributed by atoms with Gasteiger partial charge in [-0.25, -0.2) is 12.7 Å². The van der Waals surface area contributed by atoms with Crippen molar-refractivity contribution in [2.45, 2.75) is 58.4 Å². The van der Waals surface area contributed by atoms with Gasteiger partial charge in [-0.15, -0.1) is 24.0 Å². The van der Waals surface area contributed by atoms with Gasteiger partial charge < -0.3 is 15.5 Å². The number of aliphatic imine (C=N–C) groups is 1. The molecule has 2 aliphatic heterocycles. The van der Waals surface area contributed by atoms with Crippen molar-refractivity contribution in [1.82, 2.24) is 19.8 Å². The molecule has 1 atom stereocenters. The molecule has 0 saturated carbocycles. The summed E-state index contributed by atoms with van der Waals surface area (Å²) in [5.74, 6) is 1.35. The van der Waals surface area contributed by atoms with Crippen LogP contribution in [0.3, 0.4) is 0 Å². The molecule has 2 N–H and O–H groups in total. The molecule has 28 heavy (non-hydrogen) atoms. The minimum absolute atomic E-state index is 0. The first-order chi connectivity index (χ1) is 12.9. The Hall–Kier alpha value is -0.130. The highest BCUT2D eigenvalue weighted by Gasteiger charge is 2.24. The third-order valence-electron chi connectivity index (χ3n) is 5.75. The molecule has 166 valence electrons. The Bertz CT molecular complexity index is 565. The van der Waals surface area contributed by atoms with Gasteiger partial charge in [-0.1, -0.05) is 6.42 Å². The van der Waals surface area contributed by atoms with Crippen molar-refractivity contribution in [1.29, 1.82) is 0 Å². The smallest absolute Gasteiger partial charge is 0.211 e. The second-order valence-electron chi connectivity index (χ2n) is 7.99. The maximum atomic E-state index is 11.6. The van der Waals surface area contributed by atoms with E-state index in [0.29, 0.717) is 19.0 Å². The van der Waals surface area contributed by atoms with Gasteiger partial charge >= 0.3 is 0 Å². The number of hydrogen-bond acceptors (Lipinski definition) is 4. The predicted molar refractivity (Wildman–Crippen MR) is 128 cm³/mol. The summed E-state index contributed by atoms with van der Waals surface area (Å²) in [6.45, 7) is 10.6. The molecule has 2 saturated heterocycles. The third kappa shape index (κ3) is 9.13. The summed E-state index contributed by atoms with van der Waals surface area (Å²) in [6, 6.07) is 0.721. The summed E-state index contributed by atoms with van der Waals surface area (Å²) in [4.78, 5) is 7.34. The van der Waals surface area contributed by atoms with E-state index < -0.39 is 10.0 Å². The van der Waals surface area contributed by atoms with Crippen LogP contribution in [0.2, 0.25) is 0 Å². The SMILES string of the molecule is CCNC(=NCC1CCN(S(C)(=O)=O)CC1)NCCCN1CCCCC1C.I. The summed E-state index contributed by atoms with van der Waals surface area (Å²) in [6.07, 6.45) is 8.24. The maximum Gasteiger partial charge on any atom is 0.211 e. The molecule has 2 fully saturated rings. The van der Waals surface area contributed by atoms with Gasteiger partial charge in [-0.2, -0.15) is 0 Å².